The fourth-order valence-electron chi connectivity index (χ4n) is 5.01. The number of rotatable bonds is 5. The van der Waals surface area contributed by atoms with Gasteiger partial charge in [0.25, 0.3) is 17.6 Å². The maximum absolute atomic E-state index is 14.0. The fourth-order valence-corrected chi connectivity index (χ4v) is 5.91. The Balaban J connectivity index is 1.75. The predicted molar refractivity (Wildman–Crippen MR) is 138 cm³/mol. The van der Waals surface area contributed by atoms with Crippen molar-refractivity contribution >= 4 is 39.1 Å². The number of aromatic nitrogens is 1. The first kappa shape index (κ1) is 25.3. The number of hydrogen-bond acceptors (Lipinski definition) is 7. The fraction of sp³-hybridized carbons (Fsp3) is 0.185. The Kier molecular flexibility index (Phi) is 5.92. The highest BCUT2D eigenvalue weighted by Gasteiger charge is 2.66. The molecule has 1 spiro atoms. The van der Waals surface area contributed by atoms with E-state index < -0.39 is 38.9 Å². The average Bonchev–Trinajstić information content (AvgIpc) is 3.27. The molecule has 5 rings (SSSR count). The van der Waals surface area contributed by atoms with Crippen molar-refractivity contribution in [1.29, 1.82) is 0 Å². The van der Waals surface area contributed by atoms with Crippen LogP contribution in [-0.2, 0) is 36.5 Å². The molecule has 3 aromatic rings. The number of sulfonamides is 1. The van der Waals surface area contributed by atoms with Crippen LogP contribution in [0.4, 0.5) is 5.69 Å². The Morgan fingerprint density at radius 3 is 2.32 bits per heavy atom. The summed E-state index contributed by atoms with van der Waals surface area (Å²) >= 11 is 0. The molecule has 0 bridgehead atoms. The lowest BCUT2D eigenvalue weighted by molar-refractivity contribution is -0.144. The Morgan fingerprint density at radius 2 is 1.68 bits per heavy atom. The van der Waals surface area contributed by atoms with Gasteiger partial charge < -0.3 is 14.9 Å². The quantitative estimate of drug-likeness (QED) is 0.303. The predicted octanol–water partition coefficient (Wildman–Crippen LogP) is 2.08. The molecular weight excluding hydrogens is 508 g/mol. The number of para-hydroxylation sites is 1. The molecule has 2 aliphatic rings. The Labute approximate surface area is 219 Å². The maximum Gasteiger partial charge on any atom is 0.296 e. The highest BCUT2D eigenvalue weighted by Crippen LogP contribution is 2.53. The van der Waals surface area contributed by atoms with Crippen LogP contribution in [0.15, 0.2) is 83.5 Å². The number of likely N-dealkylation sites (N-methyl/N-ethyl adjacent to an activating group) is 1. The first-order valence-corrected chi connectivity index (χ1v) is 13.1. The van der Waals surface area contributed by atoms with Crippen molar-refractivity contribution < 1.29 is 27.9 Å². The molecule has 0 aliphatic carbocycles. The van der Waals surface area contributed by atoms with Crippen LogP contribution in [-0.4, -0.2) is 66.5 Å². The topological polar surface area (TPSA) is 128 Å². The Bertz CT molecular complexity index is 1620. The van der Waals surface area contributed by atoms with Crippen molar-refractivity contribution in [1.82, 2.24) is 14.2 Å². The molecule has 10 nitrogen and oxygen atoms in total. The van der Waals surface area contributed by atoms with Crippen LogP contribution < -0.4 is 4.90 Å². The normalized spacial score (nSPS) is 20.6. The molecule has 2 aromatic carbocycles. The number of ketones is 1. The molecule has 1 N–H and O–H groups in total. The third-order valence-corrected chi connectivity index (χ3v) is 8.74. The molecule has 194 valence electrons. The molecule has 11 heteroatoms. The minimum Gasteiger partial charge on any atom is -0.507 e. The van der Waals surface area contributed by atoms with Gasteiger partial charge in [-0.05, 0) is 42.0 Å². The third-order valence-electron chi connectivity index (χ3n) is 6.91. The summed E-state index contributed by atoms with van der Waals surface area (Å²) < 4.78 is 26.0. The molecule has 1 atom stereocenters. The van der Waals surface area contributed by atoms with Crippen LogP contribution in [0.2, 0.25) is 0 Å². The Morgan fingerprint density at radius 1 is 1.00 bits per heavy atom. The number of aliphatic hydroxyl groups is 1. The van der Waals surface area contributed by atoms with Crippen LogP contribution in [0.25, 0.3) is 5.76 Å². The van der Waals surface area contributed by atoms with Crippen molar-refractivity contribution in [3.8, 4) is 0 Å². The number of carbonyl (C=O) groups excluding carboxylic acids is 3. The zero-order chi connectivity index (χ0) is 27.4. The van der Waals surface area contributed by atoms with Crippen LogP contribution in [0.3, 0.4) is 0 Å². The number of Topliss-reactive ketones (excluding diaryl/α,β-unsaturated/α-hetero) is 1. The molecule has 1 saturated heterocycles. The first-order chi connectivity index (χ1) is 18.0. The summed E-state index contributed by atoms with van der Waals surface area (Å²) in [6.45, 7) is -0.108. The molecule has 2 aliphatic heterocycles. The zero-order valence-corrected chi connectivity index (χ0v) is 21.6. The number of pyridine rings is 1. The lowest BCUT2D eigenvalue weighted by Gasteiger charge is -2.34. The minimum absolute atomic E-state index is 0.0205. The summed E-state index contributed by atoms with van der Waals surface area (Å²) in [5.41, 5.74) is -0.754. The van der Waals surface area contributed by atoms with Crippen molar-refractivity contribution in [2.45, 2.75) is 17.0 Å². The van der Waals surface area contributed by atoms with E-state index in [1.807, 2.05) is 0 Å². The van der Waals surface area contributed by atoms with E-state index in [1.54, 1.807) is 49.6 Å². The number of nitrogens with zero attached hydrogens (tertiary/aromatic N) is 4. The van der Waals surface area contributed by atoms with Gasteiger partial charge in [-0.15, -0.1) is 0 Å². The number of anilines is 1. The molecule has 0 saturated carbocycles. The van der Waals surface area contributed by atoms with Gasteiger partial charge in [0.05, 0.1) is 10.5 Å². The van der Waals surface area contributed by atoms with Gasteiger partial charge in [0.1, 0.15) is 5.76 Å². The van der Waals surface area contributed by atoms with Gasteiger partial charge in [-0.25, -0.2) is 12.7 Å². The van der Waals surface area contributed by atoms with Crippen molar-refractivity contribution in [2.75, 3.05) is 26.0 Å². The van der Waals surface area contributed by atoms with Gasteiger partial charge in [0.15, 0.2) is 5.54 Å². The molecule has 1 aromatic heterocycles. The second-order valence-electron chi connectivity index (χ2n) is 9.21. The van der Waals surface area contributed by atoms with Crippen LogP contribution >= 0.6 is 0 Å². The second-order valence-corrected chi connectivity index (χ2v) is 11.4. The highest BCUT2D eigenvalue weighted by molar-refractivity contribution is 7.89. The molecule has 2 amide bonds. The average molecular weight is 533 g/mol. The number of benzene rings is 2. The standard InChI is InChI=1S/C27H24N4O6S/c1-29(2)38(36,37)19-12-10-18(11-13-19)23(32)22-24(33)25(34)31(16-17-7-6-14-28-15-17)27(22)20-8-4-5-9-21(20)30(3)26(27)35/h4-15,32H,16H2,1-3H3/b23-22+. The van der Waals surface area contributed by atoms with Crippen molar-refractivity contribution in [3.63, 3.8) is 0 Å². The second kappa shape index (κ2) is 8.89. The van der Waals surface area contributed by atoms with E-state index in [-0.39, 0.29) is 22.6 Å². The monoisotopic (exact) mass is 532 g/mol. The number of aliphatic hydroxyl groups excluding tert-OH is 1. The Hall–Kier alpha value is -4.35. The minimum atomic E-state index is -3.74. The highest BCUT2D eigenvalue weighted by atomic mass is 32.2. The first-order valence-electron chi connectivity index (χ1n) is 11.6. The SMILES string of the molecule is CN1C(=O)C2(/C(=C(/O)c3ccc(S(=O)(=O)N(C)C)cc3)C(=O)C(=O)N2Cc2cccnc2)c2ccccc21. The van der Waals surface area contributed by atoms with E-state index in [0.717, 1.165) is 4.31 Å². The van der Waals surface area contributed by atoms with E-state index in [0.29, 0.717) is 16.8 Å². The lowest BCUT2D eigenvalue weighted by Crippen LogP contribution is -2.50. The van der Waals surface area contributed by atoms with Crippen LogP contribution in [0, 0.1) is 0 Å². The molecular formula is C27H24N4O6S. The number of hydrogen-bond donors (Lipinski definition) is 1. The van der Waals surface area contributed by atoms with Gasteiger partial charge >= 0.3 is 0 Å². The summed E-state index contributed by atoms with van der Waals surface area (Å²) in [5, 5.41) is 11.5. The zero-order valence-electron chi connectivity index (χ0n) is 20.8. The molecule has 1 fully saturated rings. The number of amides is 2. The van der Waals surface area contributed by atoms with E-state index >= 15 is 0 Å². The molecule has 38 heavy (non-hydrogen) atoms. The summed E-state index contributed by atoms with van der Waals surface area (Å²) in [4.78, 5) is 47.7. The van der Waals surface area contributed by atoms with Gasteiger partial charge in [-0.2, -0.15) is 0 Å². The van der Waals surface area contributed by atoms with Crippen LogP contribution in [0.5, 0.6) is 0 Å². The van der Waals surface area contributed by atoms with Gasteiger partial charge in [0.2, 0.25) is 10.0 Å². The smallest absolute Gasteiger partial charge is 0.296 e. The maximum atomic E-state index is 14.0. The number of fused-ring (bicyclic) bond motifs is 2. The number of likely N-dealkylation sites (tertiary alicyclic amines) is 1. The van der Waals surface area contributed by atoms with Gasteiger partial charge in [0, 0.05) is 56.9 Å². The summed E-state index contributed by atoms with van der Waals surface area (Å²) in [7, 11) is 0.592. The van der Waals surface area contributed by atoms with Crippen LogP contribution in [0.1, 0.15) is 16.7 Å². The van der Waals surface area contributed by atoms with Crippen molar-refractivity contribution in [2.24, 2.45) is 0 Å². The third kappa shape index (κ3) is 3.46. The van der Waals surface area contributed by atoms with E-state index in [9.17, 15) is 27.9 Å². The van der Waals surface area contributed by atoms with E-state index in [4.69, 9.17) is 0 Å². The van der Waals surface area contributed by atoms with Crippen molar-refractivity contribution in [3.05, 3.63) is 95.3 Å². The molecule has 3 heterocycles. The lowest BCUT2D eigenvalue weighted by atomic mass is 9.81. The summed E-state index contributed by atoms with van der Waals surface area (Å²) in [6, 6.07) is 15.4. The summed E-state index contributed by atoms with van der Waals surface area (Å²) in [6.07, 6.45) is 3.10. The van der Waals surface area contributed by atoms with Gasteiger partial charge in [-0.3, -0.25) is 19.4 Å². The molecule has 1 unspecified atom stereocenters. The van der Waals surface area contributed by atoms with E-state index in [1.165, 1.54) is 54.4 Å². The van der Waals surface area contributed by atoms with Gasteiger partial charge in [-0.1, -0.05) is 24.3 Å². The molecule has 0 radical (unpaired) electrons. The van der Waals surface area contributed by atoms with E-state index in [2.05, 4.69) is 4.98 Å². The summed E-state index contributed by atoms with van der Waals surface area (Å²) in [5.74, 6) is -3.12. The largest absolute Gasteiger partial charge is 0.507 e. The number of carbonyl (C=O) groups is 3.